The molecule has 9 heteroatoms. The second kappa shape index (κ2) is 14.2. The van der Waals surface area contributed by atoms with Crippen molar-refractivity contribution < 1.29 is 33.0 Å². The van der Waals surface area contributed by atoms with Crippen molar-refractivity contribution in [2.45, 2.75) is 83.3 Å². The first kappa shape index (κ1) is 33.5. The van der Waals surface area contributed by atoms with Crippen LogP contribution in [0.15, 0.2) is 91.0 Å². The van der Waals surface area contributed by atoms with Crippen LogP contribution in [0.25, 0.3) is 0 Å². The third-order valence-corrected chi connectivity index (χ3v) is 12.9. The number of benzene rings is 3. The van der Waals surface area contributed by atoms with Crippen molar-refractivity contribution in [3.05, 3.63) is 96.6 Å². The fourth-order valence-electron chi connectivity index (χ4n) is 5.99. The number of carbonyl (C=O) groups is 2. The summed E-state index contributed by atoms with van der Waals surface area (Å²) in [5.74, 6) is -1.91. The van der Waals surface area contributed by atoms with Gasteiger partial charge >= 0.3 is 5.97 Å². The van der Waals surface area contributed by atoms with Crippen molar-refractivity contribution in [1.82, 2.24) is 5.32 Å². The standard InChI is InChI=1S/C35H45NO7Si/c1-25(37)36-29(24-41-44(34(2,3)4,27-19-13-9-14-20-27)28-21-15-10-16-22-28)30-31(43-35(5,6)42-30)32(33(38)39-7)40-23-26-17-11-8-12-18-26/h8-22,29-32H,23-24H2,1-7H3,(H,36,37)/t29-,30+,31-,32+/m0/s1. The van der Waals surface area contributed by atoms with E-state index in [0.29, 0.717) is 0 Å². The quantitative estimate of drug-likeness (QED) is 0.238. The van der Waals surface area contributed by atoms with Crippen LogP contribution >= 0.6 is 0 Å². The molecule has 1 N–H and O–H groups in total. The summed E-state index contributed by atoms with van der Waals surface area (Å²) in [7, 11) is -1.64. The van der Waals surface area contributed by atoms with E-state index in [4.69, 9.17) is 23.4 Å². The van der Waals surface area contributed by atoms with E-state index in [2.05, 4.69) is 50.4 Å². The first-order valence-corrected chi connectivity index (χ1v) is 16.9. The predicted octanol–water partition coefficient (Wildman–Crippen LogP) is 4.35. The van der Waals surface area contributed by atoms with Gasteiger partial charge in [-0.15, -0.1) is 0 Å². The third kappa shape index (κ3) is 7.65. The van der Waals surface area contributed by atoms with E-state index in [-0.39, 0.29) is 24.2 Å². The van der Waals surface area contributed by atoms with E-state index >= 15 is 0 Å². The van der Waals surface area contributed by atoms with Gasteiger partial charge in [-0.1, -0.05) is 112 Å². The van der Waals surface area contributed by atoms with Crippen molar-refractivity contribution in [2.24, 2.45) is 0 Å². The van der Waals surface area contributed by atoms with E-state index in [0.717, 1.165) is 15.9 Å². The number of ether oxygens (including phenoxy) is 4. The lowest BCUT2D eigenvalue weighted by Crippen LogP contribution is -2.68. The largest absolute Gasteiger partial charge is 0.467 e. The number of hydrogen-bond donors (Lipinski definition) is 1. The topological polar surface area (TPSA) is 92.3 Å². The fraction of sp³-hybridized carbons (Fsp3) is 0.429. The summed E-state index contributed by atoms with van der Waals surface area (Å²) < 4.78 is 31.2. The van der Waals surface area contributed by atoms with Crippen LogP contribution in [0.3, 0.4) is 0 Å². The smallest absolute Gasteiger partial charge is 0.337 e. The molecule has 0 unspecified atom stereocenters. The van der Waals surface area contributed by atoms with Crippen LogP contribution in [0, 0.1) is 0 Å². The van der Waals surface area contributed by atoms with Gasteiger partial charge in [0.2, 0.25) is 5.91 Å². The maximum atomic E-state index is 13.1. The summed E-state index contributed by atoms with van der Waals surface area (Å²) in [6.07, 6.45) is -2.79. The summed E-state index contributed by atoms with van der Waals surface area (Å²) >= 11 is 0. The van der Waals surface area contributed by atoms with Crippen LogP contribution in [-0.2, 0) is 39.6 Å². The van der Waals surface area contributed by atoms with Gasteiger partial charge in [-0.2, -0.15) is 0 Å². The second-order valence-corrected chi connectivity index (χ2v) is 16.9. The molecule has 1 amide bonds. The third-order valence-electron chi connectivity index (χ3n) is 7.85. The lowest BCUT2D eigenvalue weighted by atomic mass is 10.0. The Morgan fingerprint density at radius 2 is 1.36 bits per heavy atom. The Morgan fingerprint density at radius 3 is 1.84 bits per heavy atom. The van der Waals surface area contributed by atoms with Crippen LogP contribution in [0.4, 0.5) is 0 Å². The van der Waals surface area contributed by atoms with Gasteiger partial charge in [0.1, 0.15) is 12.2 Å². The van der Waals surface area contributed by atoms with Crippen molar-refractivity contribution in [3.63, 3.8) is 0 Å². The van der Waals surface area contributed by atoms with Crippen LogP contribution in [0.1, 0.15) is 47.1 Å². The zero-order valence-corrected chi connectivity index (χ0v) is 27.7. The molecular weight excluding hydrogens is 574 g/mol. The Bertz CT molecular complexity index is 1320. The number of esters is 1. The van der Waals surface area contributed by atoms with Gasteiger partial charge in [-0.3, -0.25) is 4.79 Å². The molecule has 0 aromatic heterocycles. The summed E-state index contributed by atoms with van der Waals surface area (Å²) in [4.78, 5) is 25.8. The molecule has 0 bridgehead atoms. The number of nitrogens with one attached hydrogen (secondary N) is 1. The van der Waals surface area contributed by atoms with E-state index in [1.54, 1.807) is 13.8 Å². The molecule has 236 valence electrons. The number of rotatable bonds is 12. The number of methoxy groups -OCH3 is 1. The van der Waals surface area contributed by atoms with Crippen LogP contribution < -0.4 is 15.7 Å². The van der Waals surface area contributed by atoms with Crippen LogP contribution in [-0.4, -0.2) is 64.1 Å². The Kier molecular flexibility index (Phi) is 10.8. The second-order valence-electron chi connectivity index (χ2n) is 12.6. The van der Waals surface area contributed by atoms with E-state index in [1.807, 2.05) is 66.7 Å². The fourth-order valence-corrected chi connectivity index (χ4v) is 10.6. The minimum atomic E-state index is -2.96. The molecule has 1 fully saturated rings. The maximum Gasteiger partial charge on any atom is 0.337 e. The lowest BCUT2D eigenvalue weighted by molar-refractivity contribution is -0.178. The predicted molar refractivity (Wildman–Crippen MR) is 172 cm³/mol. The number of hydrogen-bond acceptors (Lipinski definition) is 7. The molecule has 1 heterocycles. The van der Waals surface area contributed by atoms with Crippen LogP contribution in [0.5, 0.6) is 0 Å². The SMILES string of the molecule is COC(=O)[C@H](OCc1ccccc1)[C@H]1OC(C)(C)O[C@@H]1[C@H](CO[Si](c1ccccc1)(c1ccccc1)C(C)(C)C)NC(C)=O. The van der Waals surface area contributed by atoms with Crippen molar-refractivity contribution in [2.75, 3.05) is 13.7 Å². The van der Waals surface area contributed by atoms with Crippen LogP contribution in [0.2, 0.25) is 5.04 Å². The zero-order valence-electron chi connectivity index (χ0n) is 26.7. The zero-order chi connectivity index (χ0) is 32.0. The Hall–Kier alpha value is -3.34. The average Bonchev–Trinajstić information content (AvgIpc) is 3.32. The number of carbonyl (C=O) groups excluding carboxylic acids is 2. The summed E-state index contributed by atoms with van der Waals surface area (Å²) in [5.41, 5.74) is 0.893. The van der Waals surface area contributed by atoms with Crippen molar-refractivity contribution >= 4 is 30.6 Å². The van der Waals surface area contributed by atoms with Gasteiger partial charge in [0.15, 0.2) is 11.9 Å². The van der Waals surface area contributed by atoms with Gasteiger partial charge in [-0.25, -0.2) is 4.79 Å². The molecule has 0 spiro atoms. The highest BCUT2D eigenvalue weighted by molar-refractivity contribution is 6.99. The highest BCUT2D eigenvalue weighted by atomic mass is 28.4. The molecule has 8 nitrogen and oxygen atoms in total. The summed E-state index contributed by atoms with van der Waals surface area (Å²) in [6, 6.07) is 29.4. The monoisotopic (exact) mass is 619 g/mol. The van der Waals surface area contributed by atoms with Crippen molar-refractivity contribution in [3.8, 4) is 0 Å². The van der Waals surface area contributed by atoms with E-state index < -0.39 is 44.4 Å². The van der Waals surface area contributed by atoms with Gasteiger partial charge in [0, 0.05) is 6.92 Å². The molecule has 4 atom stereocenters. The van der Waals surface area contributed by atoms with Gasteiger partial charge < -0.3 is 28.7 Å². The van der Waals surface area contributed by atoms with Crippen molar-refractivity contribution in [1.29, 1.82) is 0 Å². The first-order valence-electron chi connectivity index (χ1n) is 15.0. The first-order chi connectivity index (χ1) is 20.9. The molecule has 3 aromatic carbocycles. The molecule has 44 heavy (non-hydrogen) atoms. The van der Waals surface area contributed by atoms with Gasteiger partial charge in [0.05, 0.1) is 26.4 Å². The number of amides is 1. The molecular formula is C35H45NO7Si. The normalized spacial score (nSPS) is 19.6. The van der Waals surface area contributed by atoms with E-state index in [9.17, 15) is 9.59 Å². The minimum Gasteiger partial charge on any atom is -0.467 e. The van der Waals surface area contributed by atoms with E-state index in [1.165, 1.54) is 14.0 Å². The minimum absolute atomic E-state index is 0.111. The Balaban J connectivity index is 1.73. The summed E-state index contributed by atoms with van der Waals surface area (Å²) in [5, 5.41) is 4.99. The molecule has 4 rings (SSSR count). The molecule has 3 aromatic rings. The summed E-state index contributed by atoms with van der Waals surface area (Å²) in [6.45, 7) is 11.9. The molecule has 1 aliphatic heterocycles. The van der Waals surface area contributed by atoms with Gasteiger partial charge in [-0.05, 0) is 34.8 Å². The Morgan fingerprint density at radius 1 is 0.864 bits per heavy atom. The Labute approximate surface area is 262 Å². The molecule has 1 aliphatic rings. The molecule has 1 saturated heterocycles. The molecule has 0 saturated carbocycles. The lowest BCUT2D eigenvalue weighted by Gasteiger charge is -2.44. The molecule has 0 radical (unpaired) electrons. The highest BCUT2D eigenvalue weighted by Crippen LogP contribution is 2.38. The molecule has 0 aliphatic carbocycles. The highest BCUT2D eigenvalue weighted by Gasteiger charge is 2.54. The average molecular weight is 620 g/mol. The maximum absolute atomic E-state index is 13.1. The van der Waals surface area contributed by atoms with Gasteiger partial charge in [0.25, 0.3) is 8.32 Å².